The molecule has 0 saturated heterocycles. The summed E-state index contributed by atoms with van der Waals surface area (Å²) in [6, 6.07) is 9.36. The van der Waals surface area contributed by atoms with E-state index in [-0.39, 0.29) is 5.91 Å². The zero-order valence-corrected chi connectivity index (χ0v) is 15.7. The maximum Gasteiger partial charge on any atom is 0.283 e. The smallest absolute Gasteiger partial charge is 0.283 e. The quantitative estimate of drug-likeness (QED) is 0.720. The summed E-state index contributed by atoms with van der Waals surface area (Å²) >= 11 is 1.50. The molecule has 0 aliphatic rings. The van der Waals surface area contributed by atoms with Gasteiger partial charge in [0.05, 0.1) is 30.0 Å². The van der Waals surface area contributed by atoms with Crippen LogP contribution >= 0.6 is 11.3 Å². The van der Waals surface area contributed by atoms with E-state index in [1.165, 1.54) is 29.6 Å². The summed E-state index contributed by atoms with van der Waals surface area (Å²) in [6.45, 7) is 4.16. The van der Waals surface area contributed by atoms with Gasteiger partial charge in [0.25, 0.3) is 5.91 Å². The van der Waals surface area contributed by atoms with E-state index in [0.717, 1.165) is 10.2 Å². The number of thiazole rings is 1. The zero-order chi connectivity index (χ0) is 18.1. The van der Waals surface area contributed by atoms with E-state index >= 15 is 0 Å². The number of carbonyl (C=O) groups excluding carboxylic acids is 1. The molecule has 0 N–H and O–H groups in total. The van der Waals surface area contributed by atoms with Crippen molar-refractivity contribution in [2.24, 2.45) is 12.0 Å². The van der Waals surface area contributed by atoms with Crippen LogP contribution in [0.3, 0.4) is 0 Å². The molecule has 0 aliphatic heterocycles. The highest BCUT2D eigenvalue weighted by molar-refractivity contribution is 7.16. The average molecular weight is 356 g/mol. The van der Waals surface area contributed by atoms with Crippen molar-refractivity contribution in [2.45, 2.75) is 13.8 Å². The summed E-state index contributed by atoms with van der Waals surface area (Å²) in [5, 5.41) is 0. The fraction of sp³-hybridized carbons (Fsp3) is 0.263. The molecule has 25 heavy (non-hydrogen) atoms. The molecule has 3 rings (SSSR count). The second-order valence-corrected chi connectivity index (χ2v) is 6.84. The SMILES string of the molecule is COc1ccc(OC)c(C(=O)N=c2sc3cc(C)c(C)cc3n2C)c1. The van der Waals surface area contributed by atoms with E-state index < -0.39 is 0 Å². The Morgan fingerprint density at radius 3 is 2.48 bits per heavy atom. The fourth-order valence-corrected chi connectivity index (χ4v) is 3.71. The van der Waals surface area contributed by atoms with Crippen LogP contribution in [0.2, 0.25) is 0 Å². The molecule has 3 aromatic rings. The normalized spacial score (nSPS) is 11.8. The Bertz CT molecular complexity index is 1030. The maximum absolute atomic E-state index is 12.7. The number of aryl methyl sites for hydroxylation is 3. The summed E-state index contributed by atoms with van der Waals surface area (Å²) in [4.78, 5) is 17.7. The van der Waals surface area contributed by atoms with Crippen molar-refractivity contribution in [1.82, 2.24) is 4.57 Å². The number of hydrogen-bond donors (Lipinski definition) is 0. The van der Waals surface area contributed by atoms with Crippen LogP contribution in [0.15, 0.2) is 35.3 Å². The molecule has 1 aromatic heterocycles. The summed E-state index contributed by atoms with van der Waals surface area (Å²) in [5.74, 6) is 0.711. The predicted octanol–water partition coefficient (Wildman–Crippen LogP) is 3.61. The van der Waals surface area contributed by atoms with E-state index in [9.17, 15) is 4.79 Å². The summed E-state index contributed by atoms with van der Waals surface area (Å²) < 4.78 is 13.5. The Balaban J connectivity index is 2.14. The van der Waals surface area contributed by atoms with Crippen molar-refractivity contribution < 1.29 is 14.3 Å². The van der Waals surface area contributed by atoms with Gasteiger partial charge in [-0.15, -0.1) is 0 Å². The predicted molar refractivity (Wildman–Crippen MR) is 99.7 cm³/mol. The molecule has 0 spiro atoms. The molecule has 0 unspecified atom stereocenters. The zero-order valence-electron chi connectivity index (χ0n) is 14.9. The molecule has 0 fully saturated rings. The lowest BCUT2D eigenvalue weighted by Crippen LogP contribution is -2.13. The van der Waals surface area contributed by atoms with E-state index in [2.05, 4.69) is 31.0 Å². The number of rotatable bonds is 3. The van der Waals surface area contributed by atoms with Crippen LogP contribution in [0.1, 0.15) is 21.5 Å². The van der Waals surface area contributed by atoms with Crippen LogP contribution in [-0.4, -0.2) is 24.7 Å². The van der Waals surface area contributed by atoms with Crippen LogP contribution in [0, 0.1) is 13.8 Å². The second kappa shape index (κ2) is 6.72. The lowest BCUT2D eigenvalue weighted by molar-refractivity contribution is 0.0994. The maximum atomic E-state index is 12.7. The van der Waals surface area contributed by atoms with Crippen LogP contribution in [0.25, 0.3) is 10.2 Å². The Morgan fingerprint density at radius 1 is 1.08 bits per heavy atom. The third-order valence-corrected chi connectivity index (χ3v) is 5.35. The van der Waals surface area contributed by atoms with E-state index in [4.69, 9.17) is 9.47 Å². The van der Waals surface area contributed by atoms with E-state index in [1.807, 2.05) is 11.6 Å². The summed E-state index contributed by atoms with van der Waals surface area (Å²) in [5.41, 5.74) is 3.89. The molecule has 0 radical (unpaired) electrons. The molecule has 0 bridgehead atoms. The second-order valence-electron chi connectivity index (χ2n) is 5.83. The Labute approximate surface area is 150 Å². The highest BCUT2D eigenvalue weighted by atomic mass is 32.1. The first-order chi connectivity index (χ1) is 11.9. The minimum atomic E-state index is -0.355. The van der Waals surface area contributed by atoms with Crippen molar-refractivity contribution in [1.29, 1.82) is 0 Å². The van der Waals surface area contributed by atoms with Crippen LogP contribution < -0.4 is 14.3 Å². The van der Waals surface area contributed by atoms with Gasteiger partial charge in [0.2, 0.25) is 0 Å². The number of hydrogen-bond acceptors (Lipinski definition) is 4. The van der Waals surface area contributed by atoms with Gasteiger partial charge >= 0.3 is 0 Å². The molecule has 130 valence electrons. The van der Waals surface area contributed by atoms with Gasteiger partial charge in [0.15, 0.2) is 4.80 Å². The highest BCUT2D eigenvalue weighted by Crippen LogP contribution is 2.25. The lowest BCUT2D eigenvalue weighted by Gasteiger charge is -2.07. The number of benzene rings is 2. The Hall–Kier alpha value is -2.60. The van der Waals surface area contributed by atoms with Gasteiger partial charge in [-0.1, -0.05) is 11.3 Å². The molecule has 6 heteroatoms. The first-order valence-corrected chi connectivity index (χ1v) is 8.64. The van der Waals surface area contributed by atoms with Crippen LogP contribution in [0.4, 0.5) is 0 Å². The topological polar surface area (TPSA) is 52.8 Å². The first kappa shape index (κ1) is 17.2. The first-order valence-electron chi connectivity index (χ1n) is 7.82. The van der Waals surface area contributed by atoms with Crippen molar-refractivity contribution in [3.63, 3.8) is 0 Å². The number of fused-ring (bicyclic) bond motifs is 1. The largest absolute Gasteiger partial charge is 0.497 e. The summed E-state index contributed by atoms with van der Waals surface area (Å²) in [6.07, 6.45) is 0. The Morgan fingerprint density at radius 2 is 1.80 bits per heavy atom. The van der Waals surface area contributed by atoms with E-state index in [1.54, 1.807) is 25.3 Å². The van der Waals surface area contributed by atoms with Gasteiger partial charge in [-0.2, -0.15) is 4.99 Å². The van der Waals surface area contributed by atoms with Gasteiger partial charge in [0, 0.05) is 7.05 Å². The molecule has 0 saturated carbocycles. The molecule has 2 aromatic carbocycles. The van der Waals surface area contributed by atoms with Crippen molar-refractivity contribution in [3.05, 3.63) is 51.8 Å². The number of aromatic nitrogens is 1. The van der Waals surface area contributed by atoms with Gasteiger partial charge in [0.1, 0.15) is 11.5 Å². The molecular formula is C19H20N2O3S. The third kappa shape index (κ3) is 3.17. The molecule has 1 amide bonds. The Kier molecular flexibility index (Phi) is 4.63. The highest BCUT2D eigenvalue weighted by Gasteiger charge is 2.14. The average Bonchev–Trinajstić information content (AvgIpc) is 2.90. The van der Waals surface area contributed by atoms with E-state index in [0.29, 0.717) is 21.9 Å². The minimum absolute atomic E-state index is 0.355. The number of carbonyl (C=O) groups is 1. The molecule has 0 atom stereocenters. The lowest BCUT2D eigenvalue weighted by atomic mass is 10.1. The van der Waals surface area contributed by atoms with Gasteiger partial charge in [-0.3, -0.25) is 4.79 Å². The van der Waals surface area contributed by atoms with Gasteiger partial charge in [-0.25, -0.2) is 0 Å². The van der Waals surface area contributed by atoms with Gasteiger partial charge < -0.3 is 14.0 Å². The molecule has 1 heterocycles. The number of ether oxygens (including phenoxy) is 2. The fourth-order valence-electron chi connectivity index (χ4n) is 2.61. The molecular weight excluding hydrogens is 336 g/mol. The standard InChI is InChI=1S/C19H20N2O3S/c1-11-8-15-17(9-12(11)2)25-19(21(15)3)20-18(22)14-10-13(23-4)6-7-16(14)24-5/h6-10H,1-5H3. The number of amides is 1. The van der Waals surface area contributed by atoms with Crippen molar-refractivity contribution >= 4 is 27.5 Å². The molecule has 5 nitrogen and oxygen atoms in total. The third-order valence-electron chi connectivity index (χ3n) is 4.26. The monoisotopic (exact) mass is 356 g/mol. The van der Waals surface area contributed by atoms with Crippen LogP contribution in [0.5, 0.6) is 11.5 Å². The molecule has 0 aliphatic carbocycles. The number of nitrogens with zero attached hydrogens (tertiary/aromatic N) is 2. The van der Waals surface area contributed by atoms with Gasteiger partial charge in [-0.05, 0) is 55.3 Å². The summed E-state index contributed by atoms with van der Waals surface area (Å²) in [7, 11) is 5.01. The van der Waals surface area contributed by atoms with Crippen molar-refractivity contribution in [2.75, 3.05) is 14.2 Å². The minimum Gasteiger partial charge on any atom is -0.497 e. The number of methoxy groups -OCH3 is 2. The van der Waals surface area contributed by atoms with Crippen molar-refractivity contribution in [3.8, 4) is 11.5 Å². The van der Waals surface area contributed by atoms with Crippen LogP contribution in [-0.2, 0) is 7.05 Å².